The summed E-state index contributed by atoms with van der Waals surface area (Å²) >= 11 is 0. The Morgan fingerprint density at radius 1 is 0.583 bits per heavy atom. The van der Waals surface area contributed by atoms with Crippen LogP contribution >= 0.6 is 0 Å². The summed E-state index contributed by atoms with van der Waals surface area (Å²) in [6, 6.07) is 0.301. The van der Waals surface area contributed by atoms with E-state index in [0.29, 0.717) is 28.7 Å². The Morgan fingerprint density at radius 3 is 1.52 bits per heavy atom. The molecule has 0 unspecified atom stereocenters. The van der Waals surface area contributed by atoms with Gasteiger partial charge in [0.1, 0.15) is 31.0 Å². The SMILES string of the molecule is CC1(C)O[C@H]2[C@@H](O1)[C@@H](COc1nc(NCC34CC5CC(CC(C5)C3)C4)nc(NCC34CC5CC(CC(C5)C3)C4)n1)O[C@@H]1OC(C)(C)O[C@@H]12. The number of nitrogens with zero attached hydrogens (tertiary/aromatic N) is 3. The molecule has 11 aliphatic rings. The second kappa shape index (κ2) is 10.9. The topological polar surface area (TPSA) is 118 Å². The van der Waals surface area contributed by atoms with Crippen LogP contribution in [0.4, 0.5) is 11.9 Å². The van der Waals surface area contributed by atoms with Gasteiger partial charge in [0.2, 0.25) is 11.9 Å². The van der Waals surface area contributed by atoms with Crippen LogP contribution in [-0.2, 0) is 23.7 Å². The zero-order chi connectivity index (χ0) is 32.5. The molecular weight excluding hydrogens is 610 g/mol. The number of fused-ring (bicyclic) bond motifs is 3. The fourth-order valence-electron chi connectivity index (χ4n) is 13.1. The van der Waals surface area contributed by atoms with Crippen LogP contribution in [0.15, 0.2) is 0 Å². The molecular formula is C37H55N5O6. The molecule has 3 saturated heterocycles. The largest absolute Gasteiger partial charge is 0.460 e. The minimum absolute atomic E-state index is 0.195. The minimum Gasteiger partial charge on any atom is -0.460 e. The van der Waals surface area contributed by atoms with Crippen LogP contribution in [0.2, 0.25) is 0 Å². The van der Waals surface area contributed by atoms with Gasteiger partial charge >= 0.3 is 6.01 Å². The first-order valence-electron chi connectivity index (χ1n) is 19.2. The molecule has 2 N–H and O–H groups in total. The van der Waals surface area contributed by atoms with E-state index in [-0.39, 0.29) is 24.9 Å². The van der Waals surface area contributed by atoms with E-state index in [2.05, 4.69) is 10.6 Å². The molecule has 8 saturated carbocycles. The Morgan fingerprint density at radius 2 is 1.02 bits per heavy atom. The van der Waals surface area contributed by atoms with Gasteiger partial charge in [-0.05, 0) is 151 Å². The number of nitrogens with one attached hydrogen (secondary N) is 2. The summed E-state index contributed by atoms with van der Waals surface area (Å²) in [4.78, 5) is 14.6. The van der Waals surface area contributed by atoms with Crippen LogP contribution in [0.25, 0.3) is 0 Å². The lowest BCUT2D eigenvalue weighted by molar-refractivity contribution is -0.238. The van der Waals surface area contributed by atoms with Crippen molar-refractivity contribution in [2.45, 2.75) is 147 Å². The molecule has 264 valence electrons. The van der Waals surface area contributed by atoms with Crippen LogP contribution in [0, 0.1) is 46.3 Å². The van der Waals surface area contributed by atoms with Crippen molar-refractivity contribution < 1.29 is 28.4 Å². The van der Waals surface area contributed by atoms with Gasteiger partial charge in [-0.15, -0.1) is 0 Å². The van der Waals surface area contributed by atoms with E-state index >= 15 is 0 Å². The Hall–Kier alpha value is -1.79. The highest BCUT2D eigenvalue weighted by Gasteiger charge is 2.61. The molecule has 12 rings (SSSR count). The summed E-state index contributed by atoms with van der Waals surface area (Å²) in [5, 5.41) is 7.41. The molecule has 0 aromatic carbocycles. The normalized spacial score (nSPS) is 48.4. The highest BCUT2D eigenvalue weighted by molar-refractivity contribution is 5.37. The van der Waals surface area contributed by atoms with E-state index in [1.807, 2.05) is 27.7 Å². The molecule has 0 radical (unpaired) electrons. The van der Waals surface area contributed by atoms with Crippen molar-refractivity contribution in [2.75, 3.05) is 30.3 Å². The van der Waals surface area contributed by atoms with Gasteiger partial charge in [0, 0.05) is 13.1 Å². The predicted molar refractivity (Wildman–Crippen MR) is 176 cm³/mol. The first-order valence-corrected chi connectivity index (χ1v) is 19.2. The Bertz CT molecular complexity index is 1280. The van der Waals surface area contributed by atoms with E-state index in [1.165, 1.54) is 77.0 Å². The van der Waals surface area contributed by atoms with Crippen LogP contribution in [0.1, 0.15) is 105 Å². The molecule has 4 heterocycles. The van der Waals surface area contributed by atoms with Gasteiger partial charge in [-0.2, -0.15) is 15.0 Å². The summed E-state index contributed by atoms with van der Waals surface area (Å²) in [7, 11) is 0. The van der Waals surface area contributed by atoms with Crippen LogP contribution in [-0.4, -0.2) is 76.9 Å². The number of hydrogen-bond donors (Lipinski definition) is 2. The highest BCUT2D eigenvalue weighted by Crippen LogP contribution is 2.61. The summed E-state index contributed by atoms with van der Waals surface area (Å²) in [6.45, 7) is 9.68. The molecule has 11 fully saturated rings. The summed E-state index contributed by atoms with van der Waals surface area (Å²) in [5.74, 6) is 5.07. The van der Waals surface area contributed by atoms with Crippen molar-refractivity contribution in [3.63, 3.8) is 0 Å². The monoisotopic (exact) mass is 665 g/mol. The molecule has 1 aromatic rings. The summed E-state index contributed by atoms with van der Waals surface area (Å²) in [6.07, 6.45) is 14.6. The van der Waals surface area contributed by atoms with Crippen molar-refractivity contribution in [3.05, 3.63) is 0 Å². The van der Waals surface area contributed by atoms with Gasteiger partial charge < -0.3 is 39.1 Å². The maximum Gasteiger partial charge on any atom is 0.323 e. The summed E-state index contributed by atoms with van der Waals surface area (Å²) < 4.78 is 37.8. The lowest BCUT2D eigenvalue weighted by Crippen LogP contribution is -2.56. The van der Waals surface area contributed by atoms with Crippen molar-refractivity contribution in [2.24, 2.45) is 46.3 Å². The second-order valence-electron chi connectivity index (χ2n) is 18.8. The van der Waals surface area contributed by atoms with Gasteiger partial charge in [-0.1, -0.05) is 0 Å². The van der Waals surface area contributed by atoms with Gasteiger partial charge in [-0.3, -0.25) is 0 Å². The average Bonchev–Trinajstić information content (AvgIpc) is 3.50. The number of ether oxygens (including phenoxy) is 6. The van der Waals surface area contributed by atoms with Gasteiger partial charge in [-0.25, -0.2) is 0 Å². The van der Waals surface area contributed by atoms with Crippen LogP contribution < -0.4 is 15.4 Å². The second-order valence-corrected chi connectivity index (χ2v) is 18.8. The quantitative estimate of drug-likeness (QED) is 0.328. The van der Waals surface area contributed by atoms with Crippen LogP contribution in [0.5, 0.6) is 6.01 Å². The lowest BCUT2D eigenvalue weighted by Gasteiger charge is -2.57. The van der Waals surface area contributed by atoms with E-state index in [4.69, 9.17) is 43.4 Å². The standard InChI is InChI=1S/C37H55N5O6/c1-34(2)45-27-26(44-30-29(28(27)46-34)47-35(3,4)48-30)17-43-33-41-31(38-18-36-11-20-5-21(12-36)7-22(6-20)13-36)40-32(42-33)39-19-37-14-23-8-24(15-37)10-25(9-23)16-37/h20-30H,5-19H2,1-4H3,(H2,38,39,40,41,42)/t20?,21?,22?,23?,24?,25?,26-,27+,28+,29-,30-,36?,37?/m1/s1. The van der Waals surface area contributed by atoms with Crippen molar-refractivity contribution in [1.82, 2.24) is 15.0 Å². The molecule has 11 nitrogen and oxygen atoms in total. The molecule has 1 aromatic heterocycles. The Kier molecular flexibility index (Phi) is 7.01. The number of rotatable bonds is 9. The maximum atomic E-state index is 6.43. The Balaban J connectivity index is 0.878. The minimum atomic E-state index is -0.769. The third-order valence-electron chi connectivity index (χ3n) is 13.8. The van der Waals surface area contributed by atoms with E-state index < -0.39 is 24.0 Å². The lowest BCUT2D eigenvalue weighted by atomic mass is 9.49. The Labute approximate surface area is 284 Å². The first-order chi connectivity index (χ1) is 23.0. The van der Waals surface area contributed by atoms with Crippen molar-refractivity contribution >= 4 is 11.9 Å². The fraction of sp³-hybridized carbons (Fsp3) is 0.919. The molecule has 0 amide bonds. The van der Waals surface area contributed by atoms with Crippen molar-refractivity contribution in [1.29, 1.82) is 0 Å². The van der Waals surface area contributed by atoms with E-state index in [1.54, 1.807) is 0 Å². The predicted octanol–water partition coefficient (Wildman–Crippen LogP) is 5.90. The van der Waals surface area contributed by atoms with Crippen LogP contribution in [0.3, 0.4) is 0 Å². The molecule has 11 heteroatoms. The van der Waals surface area contributed by atoms with E-state index in [0.717, 1.165) is 48.6 Å². The fourth-order valence-corrected chi connectivity index (χ4v) is 13.1. The first kappa shape index (κ1) is 31.0. The molecule has 0 spiro atoms. The summed E-state index contributed by atoms with van der Waals surface area (Å²) in [5.41, 5.74) is 0.723. The molecule has 8 aliphatic carbocycles. The number of anilines is 2. The molecule has 3 aliphatic heterocycles. The zero-order valence-electron chi connectivity index (χ0n) is 29.2. The molecule has 48 heavy (non-hydrogen) atoms. The third kappa shape index (κ3) is 5.62. The van der Waals surface area contributed by atoms with Gasteiger partial charge in [0.05, 0.1) is 0 Å². The number of aromatic nitrogens is 3. The van der Waals surface area contributed by atoms with E-state index in [9.17, 15) is 0 Å². The smallest absolute Gasteiger partial charge is 0.323 e. The molecule has 8 bridgehead atoms. The molecule has 5 atom stereocenters. The highest BCUT2D eigenvalue weighted by atomic mass is 16.9. The zero-order valence-corrected chi connectivity index (χ0v) is 29.2. The number of hydrogen-bond acceptors (Lipinski definition) is 11. The maximum absolute atomic E-state index is 6.43. The van der Waals surface area contributed by atoms with Crippen molar-refractivity contribution in [3.8, 4) is 6.01 Å². The average molecular weight is 666 g/mol. The van der Waals surface area contributed by atoms with Gasteiger partial charge in [0.25, 0.3) is 0 Å². The third-order valence-corrected chi connectivity index (χ3v) is 13.8. The van der Waals surface area contributed by atoms with Gasteiger partial charge in [0.15, 0.2) is 17.9 Å².